The van der Waals surface area contributed by atoms with Crippen LogP contribution >= 0.6 is 0 Å². The van der Waals surface area contributed by atoms with Gasteiger partial charge in [0.05, 0.1) is 0 Å². The number of unbranched alkanes of at least 4 members (excludes halogenated alkanes) is 19. The van der Waals surface area contributed by atoms with Crippen molar-refractivity contribution in [2.75, 3.05) is 13.2 Å². The van der Waals surface area contributed by atoms with Crippen LogP contribution in [0, 0.1) is 0 Å². The second-order valence-corrected chi connectivity index (χ2v) is 12.9. The van der Waals surface area contributed by atoms with Crippen LogP contribution in [0.1, 0.15) is 188 Å². The van der Waals surface area contributed by atoms with Gasteiger partial charge < -0.3 is 14.2 Å². The van der Waals surface area contributed by atoms with Crippen molar-refractivity contribution in [2.45, 2.75) is 194 Å². The van der Waals surface area contributed by atoms with E-state index in [1.54, 1.807) is 0 Å². The molecule has 0 aromatic carbocycles. The van der Waals surface area contributed by atoms with E-state index in [-0.39, 0.29) is 25.2 Å². The highest BCUT2D eigenvalue weighted by Gasteiger charge is 2.18. The first-order valence-electron chi connectivity index (χ1n) is 19.4. The topological polar surface area (TPSA) is 78.9 Å². The Morgan fingerprint density at radius 2 is 0.851 bits per heavy atom. The lowest BCUT2D eigenvalue weighted by atomic mass is 10.1. The second-order valence-electron chi connectivity index (χ2n) is 12.9. The predicted molar refractivity (Wildman–Crippen MR) is 196 cm³/mol. The third kappa shape index (κ3) is 36.3. The average Bonchev–Trinajstić information content (AvgIpc) is 3.05. The summed E-state index contributed by atoms with van der Waals surface area (Å²) >= 11 is 0. The first-order valence-corrected chi connectivity index (χ1v) is 19.4. The first-order chi connectivity index (χ1) is 23.0. The van der Waals surface area contributed by atoms with Gasteiger partial charge in [-0.2, -0.15) is 0 Å². The van der Waals surface area contributed by atoms with Crippen molar-refractivity contribution in [2.24, 2.45) is 0 Å². The van der Waals surface area contributed by atoms with E-state index in [9.17, 15) is 14.4 Å². The summed E-state index contributed by atoms with van der Waals surface area (Å²) in [6, 6.07) is 0. The van der Waals surface area contributed by atoms with Crippen molar-refractivity contribution < 1.29 is 28.6 Å². The van der Waals surface area contributed by atoms with Crippen molar-refractivity contribution in [3.8, 4) is 0 Å². The fraction of sp³-hybridized carbons (Fsp3) is 0.780. The fourth-order valence-corrected chi connectivity index (χ4v) is 5.25. The largest absolute Gasteiger partial charge is 0.462 e. The highest BCUT2D eigenvalue weighted by atomic mass is 16.6. The molecule has 0 amide bonds. The number of hydrogen-bond acceptors (Lipinski definition) is 6. The molecule has 0 heterocycles. The summed E-state index contributed by atoms with van der Waals surface area (Å²) in [5.74, 6) is -1.11. The summed E-state index contributed by atoms with van der Waals surface area (Å²) < 4.78 is 15.9. The molecule has 0 bridgehead atoms. The number of rotatable bonds is 34. The Morgan fingerprint density at radius 3 is 1.36 bits per heavy atom. The van der Waals surface area contributed by atoms with Gasteiger partial charge in [0, 0.05) is 19.8 Å². The maximum atomic E-state index is 12.4. The highest BCUT2D eigenvalue weighted by Crippen LogP contribution is 2.12. The van der Waals surface area contributed by atoms with Crippen LogP contribution in [0.25, 0.3) is 0 Å². The molecule has 0 spiro atoms. The Kier molecular flexibility index (Phi) is 34.6. The Balaban J connectivity index is 3.90. The van der Waals surface area contributed by atoms with Crippen LogP contribution in [0.3, 0.4) is 0 Å². The van der Waals surface area contributed by atoms with E-state index in [4.69, 9.17) is 14.2 Å². The summed E-state index contributed by atoms with van der Waals surface area (Å²) in [7, 11) is 0. The van der Waals surface area contributed by atoms with Crippen molar-refractivity contribution in [3.63, 3.8) is 0 Å². The molecule has 272 valence electrons. The third-order valence-corrected chi connectivity index (χ3v) is 8.18. The summed E-state index contributed by atoms with van der Waals surface area (Å²) in [5, 5.41) is 0. The Hall–Kier alpha value is -2.37. The van der Waals surface area contributed by atoms with Crippen molar-refractivity contribution >= 4 is 17.9 Å². The van der Waals surface area contributed by atoms with E-state index in [0.717, 1.165) is 70.6 Å². The number of esters is 3. The standard InChI is InChI=1S/C41H72O6/c1-4-6-8-10-12-14-16-18-20-22-24-26-28-30-32-34-40(43)46-37-39(36-45-38(3)42)47-41(44)35-33-31-29-27-25-23-21-19-17-15-13-11-9-7-5-2/h12,14,18-21,39H,4-11,13,15-17,22-37H2,1-3H3/b14-12-,20-18-,21-19-. The number of carbonyl (C=O) groups is 3. The van der Waals surface area contributed by atoms with E-state index in [1.807, 2.05) is 0 Å². The van der Waals surface area contributed by atoms with Crippen molar-refractivity contribution in [1.29, 1.82) is 0 Å². The van der Waals surface area contributed by atoms with E-state index < -0.39 is 12.1 Å². The van der Waals surface area contributed by atoms with E-state index in [1.165, 1.54) is 90.4 Å². The average molecular weight is 661 g/mol. The summed E-state index contributed by atoms with van der Waals surface area (Å²) in [6.45, 7) is 5.59. The zero-order chi connectivity index (χ0) is 34.5. The molecule has 0 rings (SSSR count). The molecule has 0 aliphatic rings. The van der Waals surface area contributed by atoms with Gasteiger partial charge in [-0.1, -0.05) is 134 Å². The van der Waals surface area contributed by atoms with Gasteiger partial charge in [-0.25, -0.2) is 0 Å². The Morgan fingerprint density at radius 1 is 0.468 bits per heavy atom. The molecule has 0 N–H and O–H groups in total. The molecule has 0 aliphatic carbocycles. The maximum absolute atomic E-state index is 12.4. The molecule has 0 aliphatic heterocycles. The van der Waals surface area contributed by atoms with Gasteiger partial charge in [-0.15, -0.1) is 0 Å². The SMILES string of the molecule is CCCCC/C=C\C/C=C\CCCCCCCC(=O)OCC(COC(C)=O)OC(=O)CCCCCCC/C=C\CCCCCCCC. The number of hydrogen-bond donors (Lipinski definition) is 0. The van der Waals surface area contributed by atoms with Gasteiger partial charge in [0.25, 0.3) is 0 Å². The molecule has 0 saturated heterocycles. The normalized spacial score (nSPS) is 12.3. The summed E-state index contributed by atoms with van der Waals surface area (Å²) in [6.07, 6.45) is 41.5. The molecular formula is C41H72O6. The van der Waals surface area contributed by atoms with E-state index >= 15 is 0 Å². The molecule has 1 unspecified atom stereocenters. The van der Waals surface area contributed by atoms with Crippen LogP contribution in [0.2, 0.25) is 0 Å². The maximum Gasteiger partial charge on any atom is 0.306 e. The monoisotopic (exact) mass is 661 g/mol. The van der Waals surface area contributed by atoms with Gasteiger partial charge in [0.2, 0.25) is 0 Å². The summed E-state index contributed by atoms with van der Waals surface area (Å²) in [5.41, 5.74) is 0. The lowest BCUT2D eigenvalue weighted by Crippen LogP contribution is -2.30. The van der Waals surface area contributed by atoms with Gasteiger partial charge >= 0.3 is 17.9 Å². The number of carbonyl (C=O) groups excluding carboxylic acids is 3. The van der Waals surface area contributed by atoms with Crippen LogP contribution in [-0.2, 0) is 28.6 Å². The highest BCUT2D eigenvalue weighted by molar-refractivity contribution is 5.70. The van der Waals surface area contributed by atoms with Crippen molar-refractivity contribution in [1.82, 2.24) is 0 Å². The van der Waals surface area contributed by atoms with Crippen LogP contribution in [0.5, 0.6) is 0 Å². The lowest BCUT2D eigenvalue weighted by molar-refractivity contribution is -0.166. The first kappa shape index (κ1) is 44.6. The molecule has 6 nitrogen and oxygen atoms in total. The fourth-order valence-electron chi connectivity index (χ4n) is 5.25. The molecule has 0 aromatic heterocycles. The quantitative estimate of drug-likeness (QED) is 0.0296. The van der Waals surface area contributed by atoms with E-state index in [2.05, 4.69) is 50.3 Å². The Bertz CT molecular complexity index is 815. The van der Waals surface area contributed by atoms with Crippen LogP contribution in [0.4, 0.5) is 0 Å². The third-order valence-electron chi connectivity index (χ3n) is 8.18. The molecular weight excluding hydrogens is 588 g/mol. The van der Waals surface area contributed by atoms with Gasteiger partial charge in [-0.3, -0.25) is 14.4 Å². The van der Waals surface area contributed by atoms with Crippen LogP contribution < -0.4 is 0 Å². The molecule has 0 saturated carbocycles. The Labute approximate surface area is 289 Å². The lowest BCUT2D eigenvalue weighted by Gasteiger charge is -2.17. The predicted octanol–water partition coefficient (Wildman–Crippen LogP) is 11.9. The second kappa shape index (κ2) is 36.5. The number of ether oxygens (including phenoxy) is 3. The molecule has 0 fully saturated rings. The smallest absolute Gasteiger partial charge is 0.306 e. The minimum absolute atomic E-state index is 0.0928. The molecule has 47 heavy (non-hydrogen) atoms. The minimum atomic E-state index is -0.775. The van der Waals surface area contributed by atoms with Crippen molar-refractivity contribution in [3.05, 3.63) is 36.5 Å². The minimum Gasteiger partial charge on any atom is -0.462 e. The number of allylic oxidation sites excluding steroid dienone is 6. The molecule has 0 radical (unpaired) electrons. The molecule has 6 heteroatoms. The zero-order valence-corrected chi connectivity index (χ0v) is 30.8. The molecule has 1 atom stereocenters. The van der Waals surface area contributed by atoms with Crippen LogP contribution in [0.15, 0.2) is 36.5 Å². The van der Waals surface area contributed by atoms with E-state index in [0.29, 0.717) is 12.8 Å². The summed E-state index contributed by atoms with van der Waals surface area (Å²) in [4.78, 5) is 35.9. The van der Waals surface area contributed by atoms with Gasteiger partial charge in [0.15, 0.2) is 6.10 Å². The molecule has 0 aromatic rings. The zero-order valence-electron chi connectivity index (χ0n) is 30.8. The van der Waals surface area contributed by atoms with Gasteiger partial charge in [0.1, 0.15) is 13.2 Å². The van der Waals surface area contributed by atoms with Gasteiger partial charge in [-0.05, 0) is 70.6 Å². The van der Waals surface area contributed by atoms with Crippen LogP contribution in [-0.4, -0.2) is 37.2 Å².